The van der Waals surface area contributed by atoms with Gasteiger partial charge in [0, 0.05) is 12.3 Å². The van der Waals surface area contributed by atoms with Crippen LogP contribution in [0.5, 0.6) is 0 Å². The summed E-state index contributed by atoms with van der Waals surface area (Å²) < 4.78 is 0. The van der Waals surface area contributed by atoms with Gasteiger partial charge >= 0.3 is 0 Å². The number of rotatable bonds is 1. The summed E-state index contributed by atoms with van der Waals surface area (Å²) in [5.41, 5.74) is 0.368. The molecule has 7 atom stereocenters. The van der Waals surface area contributed by atoms with E-state index in [0.29, 0.717) is 30.5 Å². The first-order valence-electron chi connectivity index (χ1n) is 10.1. The predicted octanol–water partition coefficient (Wildman–Crippen LogP) is 4.08. The summed E-state index contributed by atoms with van der Waals surface area (Å²) in [6.07, 6.45) is 8.21. The Labute approximate surface area is 151 Å². The maximum Gasteiger partial charge on any atom is 0.155 e. The molecular weight excluding hydrogens is 312 g/mol. The van der Waals surface area contributed by atoms with Gasteiger partial charge < -0.3 is 5.11 Å². The summed E-state index contributed by atoms with van der Waals surface area (Å²) in [6.45, 7) is 8.29. The smallest absolute Gasteiger partial charge is 0.155 e. The van der Waals surface area contributed by atoms with Crippen LogP contribution in [0.1, 0.15) is 72.6 Å². The SMILES string of the molecule is CC(=O)[C@H]1CC[C@H]2C3CCC4=CC(=O)CC[C@]4(C)[C@H]3[C@@](C)(O)C[C@]12C. The summed E-state index contributed by atoms with van der Waals surface area (Å²) in [6, 6.07) is 0. The quantitative estimate of drug-likeness (QED) is 0.779. The van der Waals surface area contributed by atoms with Gasteiger partial charge in [0.15, 0.2) is 5.78 Å². The molecule has 0 aliphatic heterocycles. The molecule has 0 heterocycles. The Morgan fingerprint density at radius 3 is 2.56 bits per heavy atom. The second-order valence-electron chi connectivity index (χ2n) is 10.1. The highest BCUT2D eigenvalue weighted by atomic mass is 16.3. The summed E-state index contributed by atoms with van der Waals surface area (Å²) in [4.78, 5) is 24.2. The van der Waals surface area contributed by atoms with Gasteiger partial charge in [-0.15, -0.1) is 0 Å². The normalized spacial score (nSPS) is 52.0. The number of hydrogen-bond donors (Lipinski definition) is 1. The van der Waals surface area contributed by atoms with Crippen LogP contribution < -0.4 is 0 Å². The number of Topliss-reactive ketones (excluding diaryl/α,β-unsaturated/α-hetero) is 1. The third-order valence-corrected chi connectivity index (χ3v) is 8.65. The first-order chi connectivity index (χ1) is 11.6. The average molecular weight is 344 g/mol. The monoisotopic (exact) mass is 344 g/mol. The van der Waals surface area contributed by atoms with Crippen molar-refractivity contribution in [2.45, 2.75) is 78.2 Å². The van der Waals surface area contributed by atoms with E-state index in [-0.39, 0.29) is 28.4 Å². The number of ketones is 2. The van der Waals surface area contributed by atoms with E-state index in [4.69, 9.17) is 0 Å². The van der Waals surface area contributed by atoms with Gasteiger partial charge in [0.1, 0.15) is 5.78 Å². The van der Waals surface area contributed by atoms with Crippen molar-refractivity contribution < 1.29 is 14.7 Å². The van der Waals surface area contributed by atoms with Crippen molar-refractivity contribution in [1.29, 1.82) is 0 Å². The Hall–Kier alpha value is -0.960. The summed E-state index contributed by atoms with van der Waals surface area (Å²) >= 11 is 0. The molecule has 4 rings (SSSR count). The highest BCUT2D eigenvalue weighted by molar-refractivity contribution is 5.91. The van der Waals surface area contributed by atoms with Crippen LogP contribution in [-0.2, 0) is 9.59 Å². The molecule has 0 amide bonds. The number of fused-ring (bicyclic) bond motifs is 5. The molecule has 138 valence electrons. The maximum atomic E-state index is 12.3. The summed E-state index contributed by atoms with van der Waals surface area (Å²) in [5, 5.41) is 11.6. The van der Waals surface area contributed by atoms with E-state index in [9.17, 15) is 14.7 Å². The zero-order valence-electron chi connectivity index (χ0n) is 16.1. The van der Waals surface area contributed by atoms with Crippen LogP contribution in [0.4, 0.5) is 0 Å². The summed E-state index contributed by atoms with van der Waals surface area (Å²) in [5.74, 6) is 1.85. The first-order valence-corrected chi connectivity index (χ1v) is 10.1. The molecule has 0 radical (unpaired) electrons. The molecular formula is C22H32O3. The van der Waals surface area contributed by atoms with Crippen LogP contribution in [0.2, 0.25) is 0 Å². The third-order valence-electron chi connectivity index (χ3n) is 8.65. The summed E-state index contributed by atoms with van der Waals surface area (Å²) in [7, 11) is 0. The zero-order valence-corrected chi connectivity index (χ0v) is 16.1. The zero-order chi connectivity index (χ0) is 18.2. The Balaban J connectivity index is 1.78. The minimum absolute atomic E-state index is 0.0596. The lowest BCUT2D eigenvalue weighted by Gasteiger charge is -2.63. The average Bonchev–Trinajstić information content (AvgIpc) is 2.83. The number of aliphatic hydroxyl groups is 1. The van der Waals surface area contributed by atoms with E-state index in [2.05, 4.69) is 13.8 Å². The van der Waals surface area contributed by atoms with Crippen molar-refractivity contribution in [2.24, 2.45) is 34.5 Å². The second kappa shape index (κ2) is 5.28. The molecule has 0 saturated heterocycles. The number of carbonyl (C=O) groups excluding carboxylic acids is 2. The van der Waals surface area contributed by atoms with Gasteiger partial charge in [-0.2, -0.15) is 0 Å². The van der Waals surface area contributed by atoms with E-state index in [1.54, 1.807) is 6.92 Å². The van der Waals surface area contributed by atoms with Crippen molar-refractivity contribution in [3.8, 4) is 0 Å². The Morgan fingerprint density at radius 1 is 1.16 bits per heavy atom. The molecule has 25 heavy (non-hydrogen) atoms. The number of hydrogen-bond acceptors (Lipinski definition) is 3. The van der Waals surface area contributed by atoms with Crippen molar-refractivity contribution in [3.05, 3.63) is 11.6 Å². The Morgan fingerprint density at radius 2 is 1.88 bits per heavy atom. The molecule has 4 aliphatic rings. The van der Waals surface area contributed by atoms with Crippen molar-refractivity contribution in [3.63, 3.8) is 0 Å². The highest BCUT2D eigenvalue weighted by Crippen LogP contribution is 2.69. The molecule has 1 unspecified atom stereocenters. The van der Waals surface area contributed by atoms with Crippen molar-refractivity contribution >= 4 is 11.6 Å². The number of carbonyl (C=O) groups is 2. The van der Waals surface area contributed by atoms with Gasteiger partial charge in [-0.3, -0.25) is 9.59 Å². The molecule has 0 aromatic heterocycles. The van der Waals surface area contributed by atoms with E-state index >= 15 is 0 Å². The minimum atomic E-state index is -0.775. The van der Waals surface area contributed by atoms with Crippen LogP contribution in [0.25, 0.3) is 0 Å². The van der Waals surface area contributed by atoms with E-state index < -0.39 is 5.60 Å². The molecule has 0 spiro atoms. The lowest BCUT2D eigenvalue weighted by molar-refractivity contribution is -0.183. The Bertz CT molecular complexity index is 660. The van der Waals surface area contributed by atoms with Crippen LogP contribution in [0, 0.1) is 34.5 Å². The molecule has 3 saturated carbocycles. The molecule has 3 fully saturated rings. The number of allylic oxidation sites excluding steroid dienone is 1. The van der Waals surface area contributed by atoms with E-state index in [1.807, 2.05) is 13.0 Å². The third kappa shape index (κ3) is 2.27. The standard InChI is InChI=1S/C22H32O3/c1-13(23)17-7-8-18-16-6-5-14-11-15(24)9-10-20(14,2)19(16)22(4,25)12-21(17,18)3/h11,16-19,25H,5-10,12H2,1-4H3/t16?,17-,18+,19+,20+,21-,22+/m1/s1. The lowest BCUT2D eigenvalue weighted by atomic mass is 9.43. The molecule has 3 nitrogen and oxygen atoms in total. The van der Waals surface area contributed by atoms with E-state index in [0.717, 1.165) is 32.1 Å². The molecule has 0 aromatic rings. The predicted molar refractivity (Wildman–Crippen MR) is 96.9 cm³/mol. The first kappa shape index (κ1) is 17.5. The van der Waals surface area contributed by atoms with Gasteiger partial charge in [-0.1, -0.05) is 19.4 Å². The second-order valence-corrected chi connectivity index (χ2v) is 10.1. The minimum Gasteiger partial charge on any atom is -0.390 e. The van der Waals surface area contributed by atoms with Gasteiger partial charge in [0.2, 0.25) is 0 Å². The molecule has 0 bridgehead atoms. The van der Waals surface area contributed by atoms with Crippen LogP contribution in [0.3, 0.4) is 0 Å². The molecule has 4 aliphatic carbocycles. The molecule has 0 aromatic carbocycles. The van der Waals surface area contributed by atoms with Crippen molar-refractivity contribution in [2.75, 3.05) is 0 Å². The lowest BCUT2D eigenvalue weighted by Crippen LogP contribution is -2.61. The van der Waals surface area contributed by atoms with Gasteiger partial charge in [-0.25, -0.2) is 0 Å². The maximum absolute atomic E-state index is 12.3. The van der Waals surface area contributed by atoms with Crippen LogP contribution in [0.15, 0.2) is 11.6 Å². The van der Waals surface area contributed by atoms with E-state index in [1.165, 1.54) is 5.57 Å². The fourth-order valence-electron chi connectivity index (χ4n) is 8.00. The fourth-order valence-corrected chi connectivity index (χ4v) is 8.00. The van der Waals surface area contributed by atoms with Crippen LogP contribution in [-0.4, -0.2) is 22.3 Å². The van der Waals surface area contributed by atoms with Gasteiger partial charge in [-0.05, 0) is 87.0 Å². The van der Waals surface area contributed by atoms with Gasteiger partial charge in [0.25, 0.3) is 0 Å². The largest absolute Gasteiger partial charge is 0.390 e. The molecule has 1 N–H and O–H groups in total. The topological polar surface area (TPSA) is 54.4 Å². The van der Waals surface area contributed by atoms with Crippen LogP contribution >= 0.6 is 0 Å². The highest BCUT2D eigenvalue weighted by Gasteiger charge is 2.65. The van der Waals surface area contributed by atoms with Crippen molar-refractivity contribution in [1.82, 2.24) is 0 Å². The van der Waals surface area contributed by atoms with Gasteiger partial charge in [0.05, 0.1) is 5.60 Å². The molecule has 3 heteroatoms. The Kier molecular flexibility index (Phi) is 3.69. The fraction of sp³-hybridized carbons (Fsp3) is 0.818.